The van der Waals surface area contributed by atoms with E-state index in [4.69, 9.17) is 9.47 Å². The minimum absolute atomic E-state index is 0.801. The normalized spacial score (nSPS) is 22.5. The molecule has 3 rings (SSSR count). The molecular weight excluding hydrogens is 264 g/mol. The summed E-state index contributed by atoms with van der Waals surface area (Å²) in [6.45, 7) is 4.52. The Bertz CT molecular complexity index is 474. The van der Waals surface area contributed by atoms with E-state index < -0.39 is 0 Å². The fraction of sp³-hybridized carbons (Fsp3) is 0.647. The van der Waals surface area contributed by atoms with Crippen molar-refractivity contribution in [1.29, 1.82) is 0 Å². The highest BCUT2D eigenvalue weighted by Crippen LogP contribution is 2.31. The van der Waals surface area contributed by atoms with Crippen molar-refractivity contribution >= 4 is 0 Å². The zero-order valence-corrected chi connectivity index (χ0v) is 13.1. The maximum Gasteiger partial charge on any atom is 0.127 e. The van der Waals surface area contributed by atoms with Crippen molar-refractivity contribution in [2.24, 2.45) is 5.92 Å². The summed E-state index contributed by atoms with van der Waals surface area (Å²) in [6, 6.07) is 6.93. The summed E-state index contributed by atoms with van der Waals surface area (Å²) in [4.78, 5) is 2.67. The third kappa shape index (κ3) is 3.69. The van der Waals surface area contributed by atoms with Crippen molar-refractivity contribution < 1.29 is 9.47 Å². The third-order valence-electron chi connectivity index (χ3n) is 4.62. The number of likely N-dealkylation sites (tertiary alicyclic amines) is 1. The first kappa shape index (κ1) is 14.7. The Hall–Kier alpha value is -1.26. The molecule has 2 aliphatic rings. The number of nitrogens with zero attached hydrogens (tertiary/aromatic N) is 1. The monoisotopic (exact) mass is 290 g/mol. The second-order valence-electron chi connectivity index (χ2n) is 6.19. The van der Waals surface area contributed by atoms with Gasteiger partial charge in [0.05, 0.1) is 14.2 Å². The average molecular weight is 290 g/mol. The highest BCUT2D eigenvalue weighted by atomic mass is 16.5. The molecule has 4 heteroatoms. The van der Waals surface area contributed by atoms with Crippen molar-refractivity contribution in [3.8, 4) is 11.5 Å². The van der Waals surface area contributed by atoms with E-state index in [-0.39, 0.29) is 0 Å². The topological polar surface area (TPSA) is 33.7 Å². The first-order valence-corrected chi connectivity index (χ1v) is 7.96. The smallest absolute Gasteiger partial charge is 0.127 e. The molecule has 116 valence electrons. The summed E-state index contributed by atoms with van der Waals surface area (Å²) in [5.41, 5.74) is 1.19. The second kappa shape index (κ2) is 6.67. The van der Waals surface area contributed by atoms with Gasteiger partial charge in [0.2, 0.25) is 0 Å². The van der Waals surface area contributed by atoms with E-state index in [0.717, 1.165) is 36.5 Å². The van der Waals surface area contributed by atoms with Crippen molar-refractivity contribution in [3.63, 3.8) is 0 Å². The summed E-state index contributed by atoms with van der Waals surface area (Å²) in [6.07, 6.45) is 4.18. The highest BCUT2D eigenvalue weighted by molar-refractivity contribution is 5.40. The van der Waals surface area contributed by atoms with E-state index in [1.54, 1.807) is 14.2 Å². The van der Waals surface area contributed by atoms with E-state index in [2.05, 4.69) is 16.3 Å². The van der Waals surface area contributed by atoms with Crippen LogP contribution < -0.4 is 14.8 Å². The maximum atomic E-state index is 5.44. The van der Waals surface area contributed by atoms with Crippen LogP contribution in [0, 0.1) is 5.92 Å². The lowest BCUT2D eigenvalue weighted by Gasteiger charge is -2.16. The minimum atomic E-state index is 0.801. The molecule has 0 spiro atoms. The molecule has 1 aliphatic heterocycles. The predicted molar refractivity (Wildman–Crippen MR) is 84.0 cm³/mol. The van der Waals surface area contributed by atoms with E-state index in [0.29, 0.717) is 0 Å². The van der Waals surface area contributed by atoms with Gasteiger partial charge in [-0.2, -0.15) is 0 Å². The van der Waals surface area contributed by atoms with Crippen LogP contribution in [0.3, 0.4) is 0 Å². The Morgan fingerprint density at radius 1 is 1.19 bits per heavy atom. The van der Waals surface area contributed by atoms with E-state index >= 15 is 0 Å². The Kier molecular flexibility index (Phi) is 4.66. The fourth-order valence-corrected chi connectivity index (χ4v) is 3.21. The molecule has 0 bridgehead atoms. The standard InChI is InChI=1S/C17H26N2O2/c1-20-16-6-3-14(17(9-16)21-2)11-18-10-13-7-8-19(12-13)15-4-5-15/h3,6,9,13,15,18H,4-5,7-8,10-12H2,1-2H3. The Balaban J connectivity index is 1.46. The molecule has 0 aromatic heterocycles. The first-order valence-electron chi connectivity index (χ1n) is 7.96. The molecule has 1 saturated carbocycles. The number of methoxy groups -OCH3 is 2. The zero-order chi connectivity index (χ0) is 14.7. The van der Waals surface area contributed by atoms with Gasteiger partial charge < -0.3 is 19.7 Å². The molecule has 1 saturated heterocycles. The van der Waals surface area contributed by atoms with Gasteiger partial charge >= 0.3 is 0 Å². The molecule has 4 nitrogen and oxygen atoms in total. The summed E-state index contributed by atoms with van der Waals surface area (Å²) in [5.74, 6) is 2.54. The van der Waals surface area contributed by atoms with Crippen LogP contribution in [0.1, 0.15) is 24.8 Å². The van der Waals surface area contributed by atoms with Gasteiger partial charge in [0, 0.05) is 30.8 Å². The molecule has 1 aromatic carbocycles. The van der Waals surface area contributed by atoms with Crippen molar-refractivity contribution in [1.82, 2.24) is 10.2 Å². The lowest BCUT2D eigenvalue weighted by Crippen LogP contribution is -2.27. The van der Waals surface area contributed by atoms with Crippen LogP contribution in [0.2, 0.25) is 0 Å². The van der Waals surface area contributed by atoms with Crippen LogP contribution in [0.4, 0.5) is 0 Å². The molecule has 1 N–H and O–H groups in total. The van der Waals surface area contributed by atoms with E-state index in [1.165, 1.54) is 37.9 Å². The van der Waals surface area contributed by atoms with Crippen molar-refractivity contribution in [2.75, 3.05) is 33.9 Å². The number of hydrogen-bond donors (Lipinski definition) is 1. The molecule has 0 amide bonds. The first-order chi connectivity index (χ1) is 10.3. The summed E-state index contributed by atoms with van der Waals surface area (Å²) in [7, 11) is 3.39. The van der Waals surface area contributed by atoms with Gasteiger partial charge in [-0.1, -0.05) is 6.07 Å². The Morgan fingerprint density at radius 3 is 2.76 bits per heavy atom. The van der Waals surface area contributed by atoms with Crippen LogP contribution in [0.15, 0.2) is 18.2 Å². The number of nitrogens with one attached hydrogen (secondary N) is 1. The lowest BCUT2D eigenvalue weighted by molar-refractivity contribution is 0.311. The van der Waals surface area contributed by atoms with Crippen LogP contribution >= 0.6 is 0 Å². The molecule has 1 unspecified atom stereocenters. The Labute approximate surface area is 127 Å². The van der Waals surface area contributed by atoms with Gasteiger partial charge in [-0.15, -0.1) is 0 Å². The van der Waals surface area contributed by atoms with Crippen LogP contribution in [-0.2, 0) is 6.54 Å². The predicted octanol–water partition coefficient (Wildman–Crippen LogP) is 2.28. The van der Waals surface area contributed by atoms with Gasteiger partial charge in [-0.25, -0.2) is 0 Å². The van der Waals surface area contributed by atoms with Gasteiger partial charge in [0.25, 0.3) is 0 Å². The number of ether oxygens (including phenoxy) is 2. The van der Waals surface area contributed by atoms with Gasteiger partial charge in [0.1, 0.15) is 11.5 Å². The maximum absolute atomic E-state index is 5.44. The molecule has 1 aromatic rings. The fourth-order valence-electron chi connectivity index (χ4n) is 3.21. The molecular formula is C17H26N2O2. The molecule has 2 fully saturated rings. The zero-order valence-electron chi connectivity index (χ0n) is 13.1. The van der Waals surface area contributed by atoms with Crippen LogP contribution in [0.5, 0.6) is 11.5 Å². The van der Waals surface area contributed by atoms with E-state index in [1.807, 2.05) is 12.1 Å². The SMILES string of the molecule is COc1ccc(CNCC2CCN(C3CC3)C2)c(OC)c1. The molecule has 1 heterocycles. The van der Waals surface area contributed by atoms with Crippen molar-refractivity contribution in [2.45, 2.75) is 31.8 Å². The molecule has 1 atom stereocenters. The van der Waals surface area contributed by atoms with Gasteiger partial charge in [-0.3, -0.25) is 0 Å². The highest BCUT2D eigenvalue weighted by Gasteiger charge is 2.33. The molecule has 21 heavy (non-hydrogen) atoms. The lowest BCUT2D eigenvalue weighted by atomic mass is 10.1. The minimum Gasteiger partial charge on any atom is -0.497 e. The Morgan fingerprint density at radius 2 is 2.05 bits per heavy atom. The molecule has 0 radical (unpaired) electrons. The summed E-state index contributed by atoms with van der Waals surface area (Å²) < 4.78 is 10.7. The third-order valence-corrected chi connectivity index (χ3v) is 4.62. The van der Waals surface area contributed by atoms with Gasteiger partial charge in [0.15, 0.2) is 0 Å². The summed E-state index contributed by atoms with van der Waals surface area (Å²) >= 11 is 0. The number of rotatable bonds is 7. The largest absolute Gasteiger partial charge is 0.497 e. The number of hydrogen-bond acceptors (Lipinski definition) is 4. The summed E-state index contributed by atoms with van der Waals surface area (Å²) in [5, 5.41) is 3.59. The number of benzene rings is 1. The van der Waals surface area contributed by atoms with Crippen LogP contribution in [0.25, 0.3) is 0 Å². The van der Waals surface area contributed by atoms with Crippen molar-refractivity contribution in [3.05, 3.63) is 23.8 Å². The van der Waals surface area contributed by atoms with Gasteiger partial charge in [-0.05, 0) is 44.3 Å². The van der Waals surface area contributed by atoms with Crippen LogP contribution in [-0.4, -0.2) is 44.8 Å². The second-order valence-corrected chi connectivity index (χ2v) is 6.19. The quantitative estimate of drug-likeness (QED) is 0.835. The van der Waals surface area contributed by atoms with E-state index in [9.17, 15) is 0 Å². The average Bonchev–Trinajstić information content (AvgIpc) is 3.27. The molecule has 1 aliphatic carbocycles.